The number of fused-ring (bicyclic) bond motifs is 1. The molecule has 2 heterocycles. The molecule has 1 aliphatic heterocycles. The van der Waals surface area contributed by atoms with Gasteiger partial charge in [-0.2, -0.15) is 0 Å². The molecule has 1 fully saturated rings. The van der Waals surface area contributed by atoms with Gasteiger partial charge < -0.3 is 19.5 Å². The molecule has 2 amide bonds. The van der Waals surface area contributed by atoms with Crippen LogP contribution in [0.15, 0.2) is 77.3 Å². The van der Waals surface area contributed by atoms with Gasteiger partial charge in [0.1, 0.15) is 0 Å². The van der Waals surface area contributed by atoms with Crippen LogP contribution in [0.2, 0.25) is 0 Å². The molecule has 0 bridgehead atoms. The third kappa shape index (κ3) is 4.49. The number of benzene rings is 3. The number of aromatic nitrogens is 1. The van der Waals surface area contributed by atoms with E-state index in [1.807, 2.05) is 24.0 Å². The van der Waals surface area contributed by atoms with E-state index in [2.05, 4.69) is 76.7 Å². The van der Waals surface area contributed by atoms with Crippen LogP contribution < -0.4 is 10.2 Å². The van der Waals surface area contributed by atoms with E-state index in [-0.39, 0.29) is 12.1 Å². The number of urea groups is 1. The molecule has 6 nitrogen and oxygen atoms in total. The van der Waals surface area contributed by atoms with Crippen molar-refractivity contribution in [1.29, 1.82) is 0 Å². The van der Waals surface area contributed by atoms with E-state index in [1.165, 1.54) is 10.8 Å². The van der Waals surface area contributed by atoms with Gasteiger partial charge in [0.15, 0.2) is 11.7 Å². The zero-order chi connectivity index (χ0) is 23.5. The molecule has 5 rings (SSSR count). The van der Waals surface area contributed by atoms with Gasteiger partial charge >= 0.3 is 6.03 Å². The predicted molar refractivity (Wildman–Crippen MR) is 136 cm³/mol. The van der Waals surface area contributed by atoms with Crippen LogP contribution in [0, 0.1) is 0 Å². The van der Waals surface area contributed by atoms with Crippen molar-refractivity contribution in [1.82, 2.24) is 15.2 Å². The van der Waals surface area contributed by atoms with Crippen molar-refractivity contribution in [3.8, 4) is 11.3 Å². The van der Waals surface area contributed by atoms with E-state index in [0.29, 0.717) is 13.1 Å². The van der Waals surface area contributed by atoms with Crippen LogP contribution in [0.1, 0.15) is 31.3 Å². The second-order valence-corrected chi connectivity index (χ2v) is 8.73. The van der Waals surface area contributed by atoms with Crippen LogP contribution in [-0.4, -0.2) is 42.1 Å². The lowest BCUT2D eigenvalue weighted by Crippen LogP contribution is -2.52. The number of carbonyl (C=O) groups is 1. The van der Waals surface area contributed by atoms with Crippen LogP contribution in [0.4, 0.5) is 10.5 Å². The number of anilines is 1. The van der Waals surface area contributed by atoms with Gasteiger partial charge in [0.2, 0.25) is 0 Å². The van der Waals surface area contributed by atoms with Gasteiger partial charge in [-0.25, -0.2) is 9.78 Å². The van der Waals surface area contributed by atoms with E-state index in [1.54, 1.807) is 6.20 Å². The Morgan fingerprint density at radius 3 is 2.47 bits per heavy atom. The number of nitrogens with one attached hydrogen (secondary N) is 1. The monoisotopic (exact) mass is 454 g/mol. The Balaban J connectivity index is 1.18. The fraction of sp³-hybridized carbons (Fsp3) is 0.286. The third-order valence-electron chi connectivity index (χ3n) is 6.57. The Labute approximate surface area is 200 Å². The van der Waals surface area contributed by atoms with Crippen LogP contribution in [-0.2, 0) is 6.42 Å². The fourth-order valence-corrected chi connectivity index (χ4v) is 4.59. The molecular formula is C28H30N4O2. The van der Waals surface area contributed by atoms with E-state index >= 15 is 0 Å². The Bertz CT molecular complexity index is 1270. The first-order valence-electron chi connectivity index (χ1n) is 12.0. The molecule has 3 aromatic carbocycles. The second kappa shape index (κ2) is 9.59. The molecule has 34 heavy (non-hydrogen) atoms. The van der Waals surface area contributed by atoms with Crippen molar-refractivity contribution in [2.45, 2.75) is 26.3 Å². The first-order chi connectivity index (χ1) is 16.6. The molecule has 0 unspecified atom stereocenters. The van der Waals surface area contributed by atoms with E-state index in [9.17, 15) is 4.79 Å². The molecule has 1 atom stereocenters. The van der Waals surface area contributed by atoms with Crippen molar-refractivity contribution in [2.75, 3.05) is 31.1 Å². The number of hydrogen-bond acceptors (Lipinski definition) is 4. The van der Waals surface area contributed by atoms with Gasteiger partial charge in [-0.15, -0.1) is 0 Å². The standard InChI is InChI=1S/C28H30N4O2/c1-3-27-29-19-26(34-27)22-11-13-23(14-12-22)31-15-17-32(18-16-31)28(33)30-20(2)24-10-6-8-21-7-4-5-9-25(21)24/h4-14,19-20H,3,15-18H2,1-2H3,(H,30,33)/t20-/m0/s1. The molecular weight excluding hydrogens is 424 g/mol. The summed E-state index contributed by atoms with van der Waals surface area (Å²) < 4.78 is 5.76. The molecule has 0 radical (unpaired) electrons. The maximum atomic E-state index is 13.0. The van der Waals surface area contributed by atoms with Gasteiger partial charge in [0.05, 0.1) is 12.2 Å². The number of hydrogen-bond donors (Lipinski definition) is 1. The first kappa shape index (κ1) is 22.0. The van der Waals surface area contributed by atoms with Gasteiger partial charge in [0.25, 0.3) is 0 Å². The van der Waals surface area contributed by atoms with Crippen molar-refractivity contribution in [3.05, 3.63) is 84.4 Å². The number of nitrogens with zero attached hydrogens (tertiary/aromatic N) is 3. The number of aryl methyl sites for hydroxylation is 1. The van der Waals surface area contributed by atoms with E-state index in [4.69, 9.17) is 4.42 Å². The van der Waals surface area contributed by atoms with Crippen molar-refractivity contribution < 1.29 is 9.21 Å². The number of rotatable bonds is 5. The van der Waals surface area contributed by atoms with Crippen LogP contribution in [0.25, 0.3) is 22.1 Å². The van der Waals surface area contributed by atoms with Gasteiger partial charge in [0, 0.05) is 43.9 Å². The minimum atomic E-state index is -0.0616. The number of amides is 2. The summed E-state index contributed by atoms with van der Waals surface area (Å²) in [6.45, 7) is 7.07. The summed E-state index contributed by atoms with van der Waals surface area (Å²) in [5.74, 6) is 1.55. The third-order valence-corrected chi connectivity index (χ3v) is 6.57. The van der Waals surface area contributed by atoms with Crippen molar-refractivity contribution in [2.24, 2.45) is 0 Å². The van der Waals surface area contributed by atoms with Gasteiger partial charge in [-0.05, 0) is 47.5 Å². The number of piperazine rings is 1. The molecule has 1 aliphatic rings. The highest BCUT2D eigenvalue weighted by molar-refractivity contribution is 5.86. The molecule has 0 aliphatic carbocycles. The minimum absolute atomic E-state index is 0.00696. The number of carbonyl (C=O) groups excluding carboxylic acids is 1. The molecule has 1 aromatic heterocycles. The summed E-state index contributed by atoms with van der Waals surface area (Å²) in [6.07, 6.45) is 2.57. The quantitative estimate of drug-likeness (QED) is 0.423. The summed E-state index contributed by atoms with van der Waals surface area (Å²) >= 11 is 0. The van der Waals surface area contributed by atoms with Gasteiger partial charge in [-0.3, -0.25) is 0 Å². The molecule has 1 saturated heterocycles. The summed E-state index contributed by atoms with van der Waals surface area (Å²) in [5, 5.41) is 5.57. The highest BCUT2D eigenvalue weighted by atomic mass is 16.4. The highest BCUT2D eigenvalue weighted by Gasteiger charge is 2.23. The maximum absolute atomic E-state index is 13.0. The smallest absolute Gasteiger partial charge is 0.317 e. The summed E-state index contributed by atoms with van der Waals surface area (Å²) in [7, 11) is 0. The first-order valence-corrected chi connectivity index (χ1v) is 12.0. The second-order valence-electron chi connectivity index (χ2n) is 8.73. The highest BCUT2D eigenvalue weighted by Crippen LogP contribution is 2.26. The lowest BCUT2D eigenvalue weighted by atomic mass is 10.00. The van der Waals surface area contributed by atoms with E-state index in [0.717, 1.165) is 48.0 Å². The molecule has 0 spiro atoms. The normalized spacial score (nSPS) is 14.9. The van der Waals surface area contributed by atoms with Crippen molar-refractivity contribution >= 4 is 22.5 Å². The molecule has 4 aromatic rings. The van der Waals surface area contributed by atoms with Crippen LogP contribution >= 0.6 is 0 Å². The van der Waals surface area contributed by atoms with Crippen LogP contribution in [0.5, 0.6) is 0 Å². The zero-order valence-electron chi connectivity index (χ0n) is 19.7. The fourth-order valence-electron chi connectivity index (χ4n) is 4.59. The molecule has 6 heteroatoms. The SMILES string of the molecule is CCc1ncc(-c2ccc(N3CCN(C(=O)N[C@@H](C)c4cccc5ccccc45)CC3)cc2)o1. The summed E-state index contributed by atoms with van der Waals surface area (Å²) in [6, 6.07) is 22.8. The molecule has 174 valence electrons. The van der Waals surface area contributed by atoms with Gasteiger partial charge in [-0.1, -0.05) is 49.4 Å². The summed E-state index contributed by atoms with van der Waals surface area (Å²) in [4.78, 5) is 21.5. The predicted octanol–water partition coefficient (Wildman–Crippen LogP) is 5.65. The van der Waals surface area contributed by atoms with Crippen molar-refractivity contribution in [3.63, 3.8) is 0 Å². The minimum Gasteiger partial charge on any atom is -0.441 e. The maximum Gasteiger partial charge on any atom is 0.317 e. The largest absolute Gasteiger partial charge is 0.441 e. The van der Waals surface area contributed by atoms with Crippen LogP contribution in [0.3, 0.4) is 0 Å². The Kier molecular flexibility index (Phi) is 6.21. The molecule has 0 saturated carbocycles. The average molecular weight is 455 g/mol. The zero-order valence-corrected chi connectivity index (χ0v) is 19.7. The lowest BCUT2D eigenvalue weighted by Gasteiger charge is -2.36. The van der Waals surface area contributed by atoms with E-state index < -0.39 is 0 Å². The Hall–Kier alpha value is -3.80. The number of oxazole rings is 1. The molecule has 1 N–H and O–H groups in total. The topological polar surface area (TPSA) is 61.6 Å². The average Bonchev–Trinajstić information content (AvgIpc) is 3.38. The summed E-state index contributed by atoms with van der Waals surface area (Å²) in [5.41, 5.74) is 3.32. The Morgan fingerprint density at radius 2 is 1.74 bits per heavy atom. The Morgan fingerprint density at radius 1 is 1.00 bits per heavy atom. The lowest BCUT2D eigenvalue weighted by molar-refractivity contribution is 0.191.